The molecule has 9 heteroatoms. The molecule has 2 heterocycles. The van der Waals surface area contributed by atoms with Gasteiger partial charge in [0.05, 0.1) is 0 Å². The van der Waals surface area contributed by atoms with Gasteiger partial charge in [0.2, 0.25) is 5.91 Å². The van der Waals surface area contributed by atoms with Crippen molar-refractivity contribution in [3.8, 4) is 0 Å². The highest BCUT2D eigenvalue weighted by atomic mass is 35.5. The quantitative estimate of drug-likeness (QED) is 0.767. The number of aromatic nitrogens is 1. The number of nitrogens with two attached hydrogens (primary N) is 1. The minimum absolute atomic E-state index is 0. The Morgan fingerprint density at radius 3 is 2.40 bits per heavy atom. The smallest absolute Gasteiger partial charge is 0.224 e. The Bertz CT molecular complexity index is 510. The summed E-state index contributed by atoms with van der Waals surface area (Å²) in [4.78, 5) is 21.0. The standard InChI is InChI=1S/C16H27N5O.3ClH/c1-12(13(2)17)16(22)19-11-14-4-5-18-15(10-14)21-8-6-20(3)7-9-21;;;/h4-5,10,12-13H,6-9,11,17H2,1-3H3,(H,19,22);3*1H. The Labute approximate surface area is 169 Å². The van der Waals surface area contributed by atoms with Crippen molar-refractivity contribution in [3.05, 3.63) is 23.9 Å². The van der Waals surface area contributed by atoms with E-state index in [4.69, 9.17) is 5.73 Å². The summed E-state index contributed by atoms with van der Waals surface area (Å²) in [5.41, 5.74) is 6.82. The number of nitrogens with zero attached hydrogens (tertiary/aromatic N) is 3. The number of carbonyl (C=O) groups is 1. The second-order valence-corrected chi connectivity index (χ2v) is 6.18. The third kappa shape index (κ3) is 7.96. The third-order valence-electron chi connectivity index (χ3n) is 4.31. The van der Waals surface area contributed by atoms with Crippen LogP contribution >= 0.6 is 37.2 Å². The van der Waals surface area contributed by atoms with Crippen molar-refractivity contribution in [2.24, 2.45) is 11.7 Å². The fourth-order valence-corrected chi connectivity index (χ4v) is 2.37. The highest BCUT2D eigenvalue weighted by molar-refractivity contribution is 5.86. The second-order valence-electron chi connectivity index (χ2n) is 6.18. The van der Waals surface area contributed by atoms with Crippen LogP contribution in [0.1, 0.15) is 19.4 Å². The van der Waals surface area contributed by atoms with E-state index in [9.17, 15) is 4.79 Å². The van der Waals surface area contributed by atoms with Crippen molar-refractivity contribution in [1.29, 1.82) is 0 Å². The van der Waals surface area contributed by atoms with Gasteiger partial charge in [-0.15, -0.1) is 37.2 Å². The van der Waals surface area contributed by atoms with Gasteiger partial charge in [-0.25, -0.2) is 4.98 Å². The summed E-state index contributed by atoms with van der Waals surface area (Å²) in [6.07, 6.45) is 1.81. The summed E-state index contributed by atoms with van der Waals surface area (Å²) in [5, 5.41) is 2.94. The van der Waals surface area contributed by atoms with E-state index < -0.39 is 0 Å². The number of rotatable bonds is 5. The lowest BCUT2D eigenvalue weighted by atomic mass is 10.0. The molecule has 3 N–H and O–H groups in total. The minimum Gasteiger partial charge on any atom is -0.354 e. The summed E-state index contributed by atoms with van der Waals surface area (Å²) in [6.45, 7) is 8.29. The molecule has 6 nitrogen and oxygen atoms in total. The van der Waals surface area contributed by atoms with Crippen LogP contribution in [0, 0.1) is 5.92 Å². The molecule has 0 aliphatic carbocycles. The molecule has 1 aromatic rings. The number of nitrogens with one attached hydrogen (secondary N) is 1. The van der Waals surface area contributed by atoms with E-state index in [2.05, 4.69) is 33.2 Å². The predicted molar refractivity (Wildman–Crippen MR) is 110 cm³/mol. The molecule has 1 aliphatic rings. The molecular weight excluding hydrogens is 385 g/mol. The maximum Gasteiger partial charge on any atom is 0.224 e. The van der Waals surface area contributed by atoms with Crippen LogP contribution in [0.2, 0.25) is 0 Å². The number of hydrogen-bond donors (Lipinski definition) is 2. The largest absolute Gasteiger partial charge is 0.354 e. The van der Waals surface area contributed by atoms with Crippen molar-refractivity contribution < 1.29 is 4.79 Å². The zero-order chi connectivity index (χ0) is 16.1. The van der Waals surface area contributed by atoms with Gasteiger partial charge in [0.1, 0.15) is 5.82 Å². The zero-order valence-corrected chi connectivity index (χ0v) is 17.4. The molecule has 1 aromatic heterocycles. The number of hydrogen-bond acceptors (Lipinski definition) is 5. The SMILES string of the molecule is CC(N)C(C)C(=O)NCc1ccnc(N2CCN(C)CC2)c1.Cl.Cl.Cl. The minimum atomic E-state index is -0.182. The molecule has 1 fully saturated rings. The van der Waals surface area contributed by atoms with Gasteiger partial charge in [-0.2, -0.15) is 0 Å². The summed E-state index contributed by atoms with van der Waals surface area (Å²) in [7, 11) is 2.14. The Balaban J connectivity index is 0. The molecule has 2 unspecified atom stereocenters. The molecule has 0 saturated carbocycles. The molecule has 2 atom stereocenters. The van der Waals surface area contributed by atoms with Crippen LogP contribution in [0.3, 0.4) is 0 Å². The van der Waals surface area contributed by atoms with Crippen molar-refractivity contribution in [1.82, 2.24) is 15.2 Å². The van der Waals surface area contributed by atoms with Gasteiger partial charge < -0.3 is 20.9 Å². The number of pyridine rings is 1. The summed E-state index contributed by atoms with van der Waals surface area (Å²) in [6, 6.07) is 3.86. The lowest BCUT2D eigenvalue weighted by molar-refractivity contribution is -0.125. The van der Waals surface area contributed by atoms with Crippen LogP contribution in [-0.4, -0.2) is 55.1 Å². The van der Waals surface area contributed by atoms with E-state index in [0.717, 1.165) is 37.6 Å². The van der Waals surface area contributed by atoms with E-state index in [0.29, 0.717) is 6.54 Å². The molecule has 0 aromatic carbocycles. The summed E-state index contributed by atoms with van der Waals surface area (Å²) >= 11 is 0. The van der Waals surface area contributed by atoms with E-state index in [1.165, 1.54) is 0 Å². The molecule has 25 heavy (non-hydrogen) atoms. The molecule has 1 amide bonds. The summed E-state index contributed by atoms with van der Waals surface area (Å²) < 4.78 is 0. The fourth-order valence-electron chi connectivity index (χ4n) is 2.37. The van der Waals surface area contributed by atoms with E-state index in [-0.39, 0.29) is 55.1 Å². The first-order valence-electron chi connectivity index (χ1n) is 7.89. The predicted octanol–water partition coefficient (Wildman–Crippen LogP) is 1.70. The van der Waals surface area contributed by atoms with E-state index >= 15 is 0 Å². The van der Waals surface area contributed by atoms with Crippen molar-refractivity contribution in [3.63, 3.8) is 0 Å². The number of likely N-dealkylation sites (N-methyl/N-ethyl adjacent to an activating group) is 1. The maximum atomic E-state index is 12.0. The van der Waals surface area contributed by atoms with Gasteiger partial charge in [-0.1, -0.05) is 6.92 Å². The molecule has 1 aliphatic heterocycles. The van der Waals surface area contributed by atoms with Crippen LogP contribution in [0.5, 0.6) is 0 Å². The number of piperazine rings is 1. The third-order valence-corrected chi connectivity index (χ3v) is 4.31. The maximum absolute atomic E-state index is 12.0. The topological polar surface area (TPSA) is 74.5 Å². The van der Waals surface area contributed by atoms with Crippen molar-refractivity contribution >= 4 is 48.9 Å². The first-order valence-corrected chi connectivity index (χ1v) is 7.89. The van der Waals surface area contributed by atoms with Gasteiger partial charge in [0.25, 0.3) is 0 Å². The molecule has 2 rings (SSSR count). The molecular formula is C16H30Cl3N5O. The lowest BCUT2D eigenvalue weighted by Crippen LogP contribution is -2.44. The number of carbonyl (C=O) groups excluding carboxylic acids is 1. The van der Waals surface area contributed by atoms with Gasteiger partial charge in [-0.05, 0) is 31.7 Å². The van der Waals surface area contributed by atoms with E-state index in [1.807, 2.05) is 26.1 Å². The molecule has 146 valence electrons. The Hall–Kier alpha value is -0.790. The average Bonchev–Trinajstić information content (AvgIpc) is 2.52. The zero-order valence-electron chi connectivity index (χ0n) is 15.0. The highest BCUT2D eigenvalue weighted by Gasteiger charge is 2.17. The lowest BCUT2D eigenvalue weighted by Gasteiger charge is -2.33. The highest BCUT2D eigenvalue weighted by Crippen LogP contribution is 2.14. The monoisotopic (exact) mass is 413 g/mol. The Morgan fingerprint density at radius 2 is 1.84 bits per heavy atom. The first-order chi connectivity index (χ1) is 10.5. The van der Waals surface area contributed by atoms with Crippen LogP contribution < -0.4 is 16.0 Å². The number of amides is 1. The number of anilines is 1. The van der Waals surface area contributed by atoms with E-state index in [1.54, 1.807) is 0 Å². The molecule has 0 spiro atoms. The van der Waals surface area contributed by atoms with Gasteiger partial charge in [0, 0.05) is 50.9 Å². The fraction of sp³-hybridized carbons (Fsp3) is 0.625. The van der Waals surface area contributed by atoms with Crippen molar-refractivity contribution in [2.75, 3.05) is 38.1 Å². The van der Waals surface area contributed by atoms with Crippen LogP contribution in [0.25, 0.3) is 0 Å². The van der Waals surface area contributed by atoms with Gasteiger partial charge >= 0.3 is 0 Å². The Morgan fingerprint density at radius 1 is 1.24 bits per heavy atom. The Kier molecular flexibility index (Phi) is 13.3. The number of halogens is 3. The van der Waals surface area contributed by atoms with Crippen LogP contribution in [-0.2, 0) is 11.3 Å². The second kappa shape index (κ2) is 12.5. The van der Waals surface area contributed by atoms with Gasteiger partial charge in [-0.3, -0.25) is 4.79 Å². The normalized spacial score (nSPS) is 16.6. The molecule has 0 radical (unpaired) electrons. The van der Waals surface area contributed by atoms with Crippen LogP contribution in [0.15, 0.2) is 18.3 Å². The summed E-state index contributed by atoms with van der Waals surface area (Å²) in [5.74, 6) is 0.798. The van der Waals surface area contributed by atoms with Crippen molar-refractivity contribution in [2.45, 2.75) is 26.4 Å². The average molecular weight is 415 g/mol. The van der Waals surface area contributed by atoms with Gasteiger partial charge in [0.15, 0.2) is 0 Å². The molecule has 0 bridgehead atoms. The first kappa shape index (κ1) is 26.4. The molecule has 1 saturated heterocycles. The van der Waals surface area contributed by atoms with Crippen LogP contribution in [0.4, 0.5) is 5.82 Å².